The van der Waals surface area contributed by atoms with E-state index in [9.17, 15) is 4.79 Å². The summed E-state index contributed by atoms with van der Waals surface area (Å²) in [5, 5.41) is 0.686. The topological polar surface area (TPSA) is 17.1 Å². The average molecular weight is 293 g/mol. The Hall–Kier alpha value is -2.38. The van der Waals surface area contributed by atoms with Crippen LogP contribution in [0, 0.1) is 0 Å². The van der Waals surface area contributed by atoms with E-state index in [0.29, 0.717) is 10.6 Å². The third-order valence-corrected chi connectivity index (χ3v) is 3.72. The van der Waals surface area contributed by atoms with Crippen LogP contribution in [0.3, 0.4) is 0 Å². The van der Waals surface area contributed by atoms with Crippen molar-refractivity contribution in [3.05, 3.63) is 83.4 Å². The Bertz CT molecular complexity index is 761. The fraction of sp³-hybridized carbons (Fsp3) is 0. The van der Waals surface area contributed by atoms with E-state index in [1.165, 1.54) is 0 Å². The average Bonchev–Trinajstić information content (AvgIpc) is 2.55. The Morgan fingerprint density at radius 2 is 1.24 bits per heavy atom. The molecule has 0 atom stereocenters. The van der Waals surface area contributed by atoms with Crippen LogP contribution in [0.25, 0.3) is 22.3 Å². The minimum atomic E-state index is 0.686. The van der Waals surface area contributed by atoms with Crippen LogP contribution < -0.4 is 0 Å². The number of benzene rings is 3. The zero-order valence-corrected chi connectivity index (χ0v) is 12.0. The van der Waals surface area contributed by atoms with Crippen LogP contribution in [-0.2, 0) is 0 Å². The Morgan fingerprint density at radius 3 is 1.81 bits per heavy atom. The van der Waals surface area contributed by atoms with Crippen LogP contribution in [0.2, 0.25) is 5.02 Å². The van der Waals surface area contributed by atoms with E-state index in [4.69, 9.17) is 11.6 Å². The Labute approximate surface area is 128 Å². The highest BCUT2D eigenvalue weighted by Gasteiger charge is 2.10. The molecule has 0 aromatic heterocycles. The maximum Gasteiger partial charge on any atom is 0.151 e. The van der Waals surface area contributed by atoms with Gasteiger partial charge in [-0.05, 0) is 34.4 Å². The van der Waals surface area contributed by atoms with Crippen LogP contribution in [0.1, 0.15) is 10.4 Å². The highest BCUT2D eigenvalue weighted by Crippen LogP contribution is 2.31. The lowest BCUT2D eigenvalue weighted by molar-refractivity contribution is 0.112. The first-order chi connectivity index (χ1) is 10.3. The number of hydrogen-bond acceptors (Lipinski definition) is 1. The predicted molar refractivity (Wildman–Crippen MR) is 87.7 cm³/mol. The van der Waals surface area contributed by atoms with Gasteiger partial charge in [-0.2, -0.15) is 0 Å². The maximum absolute atomic E-state index is 11.6. The summed E-state index contributed by atoms with van der Waals surface area (Å²) in [5.41, 5.74) is 4.58. The number of halogens is 1. The smallest absolute Gasteiger partial charge is 0.151 e. The molecule has 0 bridgehead atoms. The lowest BCUT2D eigenvalue weighted by Gasteiger charge is -2.11. The molecule has 2 heteroatoms. The molecule has 0 aliphatic rings. The number of carbonyl (C=O) groups is 1. The molecule has 102 valence electrons. The van der Waals surface area contributed by atoms with E-state index in [0.717, 1.165) is 28.5 Å². The molecule has 0 heterocycles. The van der Waals surface area contributed by atoms with Gasteiger partial charge in [0.05, 0.1) is 0 Å². The maximum atomic E-state index is 11.6. The Balaban J connectivity index is 2.19. The Kier molecular flexibility index (Phi) is 3.85. The molecule has 0 unspecified atom stereocenters. The van der Waals surface area contributed by atoms with Crippen molar-refractivity contribution in [3.8, 4) is 22.3 Å². The van der Waals surface area contributed by atoms with Crippen molar-refractivity contribution in [2.45, 2.75) is 0 Å². The summed E-state index contributed by atoms with van der Waals surface area (Å²) < 4.78 is 0. The van der Waals surface area contributed by atoms with Gasteiger partial charge >= 0.3 is 0 Å². The summed E-state index contributed by atoms with van der Waals surface area (Å²) in [6.45, 7) is 0. The van der Waals surface area contributed by atoms with Gasteiger partial charge in [-0.3, -0.25) is 4.79 Å². The Morgan fingerprint density at radius 1 is 0.667 bits per heavy atom. The van der Waals surface area contributed by atoms with Crippen LogP contribution in [0.4, 0.5) is 0 Å². The van der Waals surface area contributed by atoms with Crippen molar-refractivity contribution in [2.24, 2.45) is 0 Å². The standard InChI is InChI=1S/C19H13ClO/c20-16-11-9-15(10-12-16)18-8-4-7-17(19(18)13-21)14-5-2-1-3-6-14/h1-13H. The summed E-state index contributed by atoms with van der Waals surface area (Å²) in [6.07, 6.45) is 0.923. The van der Waals surface area contributed by atoms with Crippen LogP contribution >= 0.6 is 11.6 Å². The van der Waals surface area contributed by atoms with Gasteiger partial charge in [0.2, 0.25) is 0 Å². The van der Waals surface area contributed by atoms with Crippen molar-refractivity contribution in [1.29, 1.82) is 0 Å². The molecule has 0 aliphatic heterocycles. The van der Waals surface area contributed by atoms with Gasteiger partial charge < -0.3 is 0 Å². The highest BCUT2D eigenvalue weighted by molar-refractivity contribution is 6.30. The molecule has 3 rings (SSSR count). The molecule has 0 amide bonds. The van der Waals surface area contributed by atoms with E-state index in [1.54, 1.807) is 0 Å². The van der Waals surface area contributed by atoms with E-state index < -0.39 is 0 Å². The lowest BCUT2D eigenvalue weighted by Crippen LogP contribution is -1.92. The second-order valence-corrected chi connectivity index (χ2v) is 5.19. The van der Waals surface area contributed by atoms with Gasteiger partial charge in [0.15, 0.2) is 6.29 Å². The molecule has 3 aromatic rings. The minimum Gasteiger partial charge on any atom is -0.298 e. The summed E-state index contributed by atoms with van der Waals surface area (Å²) >= 11 is 5.93. The SMILES string of the molecule is O=Cc1c(-c2ccccc2)cccc1-c1ccc(Cl)cc1. The van der Waals surface area contributed by atoms with Crippen molar-refractivity contribution in [2.75, 3.05) is 0 Å². The van der Waals surface area contributed by atoms with Gasteiger partial charge in [0, 0.05) is 10.6 Å². The lowest BCUT2D eigenvalue weighted by atomic mass is 9.92. The van der Waals surface area contributed by atoms with Crippen molar-refractivity contribution >= 4 is 17.9 Å². The summed E-state index contributed by atoms with van der Waals surface area (Å²) in [5.74, 6) is 0. The first-order valence-electron chi connectivity index (χ1n) is 6.69. The molecule has 21 heavy (non-hydrogen) atoms. The predicted octanol–water partition coefficient (Wildman–Crippen LogP) is 5.49. The van der Waals surface area contributed by atoms with E-state index in [2.05, 4.69) is 0 Å². The zero-order chi connectivity index (χ0) is 14.7. The molecule has 0 fully saturated rings. The molecule has 0 N–H and O–H groups in total. The molecular weight excluding hydrogens is 280 g/mol. The molecule has 0 radical (unpaired) electrons. The quantitative estimate of drug-likeness (QED) is 0.584. The second-order valence-electron chi connectivity index (χ2n) is 4.76. The third kappa shape index (κ3) is 2.74. The number of carbonyl (C=O) groups excluding carboxylic acids is 1. The third-order valence-electron chi connectivity index (χ3n) is 3.46. The largest absolute Gasteiger partial charge is 0.298 e. The monoisotopic (exact) mass is 292 g/mol. The number of rotatable bonds is 3. The first-order valence-corrected chi connectivity index (χ1v) is 7.07. The van der Waals surface area contributed by atoms with E-state index >= 15 is 0 Å². The van der Waals surface area contributed by atoms with Gasteiger partial charge in [-0.1, -0.05) is 72.3 Å². The molecular formula is C19H13ClO. The van der Waals surface area contributed by atoms with Gasteiger partial charge in [0.25, 0.3) is 0 Å². The molecule has 0 saturated carbocycles. The van der Waals surface area contributed by atoms with Gasteiger partial charge in [-0.15, -0.1) is 0 Å². The van der Waals surface area contributed by atoms with Crippen molar-refractivity contribution < 1.29 is 4.79 Å². The van der Waals surface area contributed by atoms with E-state index in [1.807, 2.05) is 72.8 Å². The van der Waals surface area contributed by atoms with Gasteiger partial charge in [0.1, 0.15) is 0 Å². The normalized spacial score (nSPS) is 10.3. The summed E-state index contributed by atoms with van der Waals surface area (Å²) in [7, 11) is 0. The molecule has 0 aliphatic carbocycles. The van der Waals surface area contributed by atoms with E-state index in [-0.39, 0.29) is 0 Å². The van der Waals surface area contributed by atoms with Crippen LogP contribution in [0.15, 0.2) is 72.8 Å². The number of aldehydes is 1. The highest BCUT2D eigenvalue weighted by atomic mass is 35.5. The fourth-order valence-corrected chi connectivity index (χ4v) is 2.57. The van der Waals surface area contributed by atoms with Crippen LogP contribution in [-0.4, -0.2) is 6.29 Å². The first kappa shape index (κ1) is 13.6. The number of hydrogen-bond donors (Lipinski definition) is 0. The van der Waals surface area contributed by atoms with Crippen molar-refractivity contribution in [1.82, 2.24) is 0 Å². The summed E-state index contributed by atoms with van der Waals surface area (Å²) in [4.78, 5) is 11.6. The molecule has 1 nitrogen and oxygen atoms in total. The summed E-state index contributed by atoms with van der Waals surface area (Å²) in [6, 6.07) is 23.4. The molecule has 3 aromatic carbocycles. The fourth-order valence-electron chi connectivity index (χ4n) is 2.44. The van der Waals surface area contributed by atoms with Crippen molar-refractivity contribution in [3.63, 3.8) is 0 Å². The molecule has 0 spiro atoms. The minimum absolute atomic E-state index is 0.686. The van der Waals surface area contributed by atoms with Gasteiger partial charge in [-0.25, -0.2) is 0 Å². The second kappa shape index (κ2) is 5.94. The molecule has 0 saturated heterocycles. The van der Waals surface area contributed by atoms with Crippen LogP contribution in [0.5, 0.6) is 0 Å². The zero-order valence-electron chi connectivity index (χ0n) is 11.3.